The fourth-order valence-corrected chi connectivity index (χ4v) is 0.861. The van der Waals surface area contributed by atoms with Crippen molar-refractivity contribution in [1.29, 1.82) is 0 Å². The third-order valence-corrected chi connectivity index (χ3v) is 1.36. The SMILES string of the molecule is O=C1NCCNC1C(F)(F)F. The maximum atomic E-state index is 11.9. The number of carbonyl (C=O) groups is 1. The molecule has 64 valence electrons. The van der Waals surface area contributed by atoms with Crippen LogP contribution in [0, 0.1) is 0 Å². The fourth-order valence-electron chi connectivity index (χ4n) is 0.861. The minimum atomic E-state index is -4.48. The van der Waals surface area contributed by atoms with E-state index in [1.165, 1.54) is 0 Å². The second-order valence-corrected chi connectivity index (χ2v) is 2.22. The van der Waals surface area contributed by atoms with Gasteiger partial charge in [0.15, 0.2) is 6.04 Å². The van der Waals surface area contributed by atoms with E-state index >= 15 is 0 Å². The molecule has 0 aliphatic carbocycles. The van der Waals surface area contributed by atoms with Gasteiger partial charge in [-0.15, -0.1) is 0 Å². The number of nitrogens with one attached hydrogen (secondary N) is 2. The van der Waals surface area contributed by atoms with Crippen molar-refractivity contribution in [2.45, 2.75) is 12.2 Å². The van der Waals surface area contributed by atoms with Gasteiger partial charge in [-0.2, -0.15) is 13.2 Å². The average Bonchev–Trinajstić information content (AvgIpc) is 1.86. The van der Waals surface area contributed by atoms with Crippen LogP contribution in [0.3, 0.4) is 0 Å². The summed E-state index contributed by atoms with van der Waals surface area (Å²) in [5, 5.41) is 4.19. The Balaban J connectivity index is 2.62. The van der Waals surface area contributed by atoms with Crippen LogP contribution in [-0.2, 0) is 4.79 Å². The van der Waals surface area contributed by atoms with Crippen molar-refractivity contribution in [2.24, 2.45) is 0 Å². The normalized spacial score (nSPS) is 26.5. The van der Waals surface area contributed by atoms with Crippen LogP contribution in [0.1, 0.15) is 0 Å². The van der Waals surface area contributed by atoms with Gasteiger partial charge in [0.1, 0.15) is 0 Å². The molecule has 1 unspecified atom stereocenters. The van der Waals surface area contributed by atoms with Gasteiger partial charge in [-0.1, -0.05) is 0 Å². The fraction of sp³-hybridized carbons (Fsp3) is 0.800. The van der Waals surface area contributed by atoms with Gasteiger partial charge in [-0.25, -0.2) is 0 Å². The second kappa shape index (κ2) is 2.69. The van der Waals surface area contributed by atoms with Crippen molar-refractivity contribution < 1.29 is 18.0 Å². The quantitative estimate of drug-likeness (QED) is 0.518. The second-order valence-electron chi connectivity index (χ2n) is 2.22. The average molecular weight is 168 g/mol. The summed E-state index contributed by atoms with van der Waals surface area (Å²) in [6.45, 7) is 0.418. The van der Waals surface area contributed by atoms with E-state index in [-0.39, 0.29) is 13.1 Å². The third kappa shape index (κ3) is 1.83. The first kappa shape index (κ1) is 8.32. The summed E-state index contributed by atoms with van der Waals surface area (Å²) in [6, 6.07) is -2.03. The number of amides is 1. The summed E-state index contributed by atoms with van der Waals surface area (Å²) in [4.78, 5) is 10.5. The standard InChI is InChI=1S/C5H7F3N2O/c6-5(7,8)3-4(11)10-2-1-9-3/h3,9H,1-2H2,(H,10,11). The molecule has 0 aromatic carbocycles. The van der Waals surface area contributed by atoms with Crippen LogP contribution in [0.15, 0.2) is 0 Å². The zero-order chi connectivity index (χ0) is 8.48. The summed E-state index contributed by atoms with van der Waals surface area (Å²) in [5.41, 5.74) is 0. The molecule has 1 rings (SSSR count). The number of halogens is 3. The molecule has 1 atom stereocenters. The number of alkyl halides is 3. The molecule has 0 radical (unpaired) electrons. The molecule has 1 heterocycles. The molecule has 1 aliphatic heterocycles. The molecular formula is C5H7F3N2O. The van der Waals surface area contributed by atoms with E-state index in [0.29, 0.717) is 0 Å². The minimum absolute atomic E-state index is 0.163. The summed E-state index contributed by atoms with van der Waals surface area (Å²) in [7, 11) is 0. The summed E-state index contributed by atoms with van der Waals surface area (Å²) in [6.07, 6.45) is -4.48. The predicted molar refractivity (Wildman–Crippen MR) is 30.9 cm³/mol. The first-order valence-electron chi connectivity index (χ1n) is 3.09. The molecule has 1 saturated heterocycles. The van der Waals surface area contributed by atoms with E-state index < -0.39 is 18.1 Å². The number of carbonyl (C=O) groups excluding carboxylic acids is 1. The summed E-state index contributed by atoms with van der Waals surface area (Å²) < 4.78 is 35.6. The molecule has 0 bridgehead atoms. The highest BCUT2D eigenvalue weighted by atomic mass is 19.4. The number of piperazine rings is 1. The lowest BCUT2D eigenvalue weighted by atomic mass is 10.2. The van der Waals surface area contributed by atoms with E-state index in [4.69, 9.17) is 0 Å². The first-order chi connectivity index (χ1) is 5.02. The highest BCUT2D eigenvalue weighted by molar-refractivity contribution is 5.83. The predicted octanol–water partition coefficient (Wildman–Crippen LogP) is -0.363. The Kier molecular flexibility index (Phi) is 2.03. The molecule has 6 heteroatoms. The van der Waals surface area contributed by atoms with Crippen LogP contribution < -0.4 is 10.6 Å². The lowest BCUT2D eigenvalue weighted by molar-refractivity contribution is -0.170. The molecule has 11 heavy (non-hydrogen) atoms. The van der Waals surface area contributed by atoms with Gasteiger partial charge < -0.3 is 5.32 Å². The zero-order valence-corrected chi connectivity index (χ0v) is 5.53. The van der Waals surface area contributed by atoms with Crippen LogP contribution in [0.25, 0.3) is 0 Å². The Morgan fingerprint density at radius 2 is 2.00 bits per heavy atom. The molecule has 1 amide bonds. The van der Waals surface area contributed by atoms with Gasteiger partial charge in [0, 0.05) is 13.1 Å². The lowest BCUT2D eigenvalue weighted by Crippen LogP contribution is -2.59. The summed E-state index contributed by atoms with van der Waals surface area (Å²) in [5.74, 6) is -0.997. The van der Waals surface area contributed by atoms with Crippen LogP contribution in [-0.4, -0.2) is 31.2 Å². The summed E-state index contributed by atoms with van der Waals surface area (Å²) >= 11 is 0. The maximum Gasteiger partial charge on any atom is 0.412 e. The molecular weight excluding hydrogens is 161 g/mol. The van der Waals surface area contributed by atoms with Crippen molar-refractivity contribution in [3.63, 3.8) is 0 Å². The topological polar surface area (TPSA) is 41.1 Å². The Morgan fingerprint density at radius 3 is 2.36 bits per heavy atom. The van der Waals surface area contributed by atoms with E-state index in [1.54, 1.807) is 0 Å². The van der Waals surface area contributed by atoms with Crippen LogP contribution in [0.4, 0.5) is 13.2 Å². The smallest absolute Gasteiger partial charge is 0.353 e. The zero-order valence-electron chi connectivity index (χ0n) is 5.53. The van der Waals surface area contributed by atoms with Gasteiger partial charge in [-0.3, -0.25) is 10.1 Å². The third-order valence-electron chi connectivity index (χ3n) is 1.36. The first-order valence-corrected chi connectivity index (χ1v) is 3.09. The van der Waals surface area contributed by atoms with Gasteiger partial charge in [0.05, 0.1) is 0 Å². The van der Waals surface area contributed by atoms with E-state index in [2.05, 4.69) is 10.6 Å². The monoisotopic (exact) mass is 168 g/mol. The molecule has 3 nitrogen and oxygen atoms in total. The van der Waals surface area contributed by atoms with Gasteiger partial charge >= 0.3 is 6.18 Å². The molecule has 0 spiro atoms. The molecule has 1 fully saturated rings. The highest BCUT2D eigenvalue weighted by Gasteiger charge is 2.45. The minimum Gasteiger partial charge on any atom is -0.353 e. The molecule has 0 aromatic rings. The van der Waals surface area contributed by atoms with Gasteiger partial charge in [0.2, 0.25) is 5.91 Å². The van der Waals surface area contributed by atoms with Crippen LogP contribution >= 0.6 is 0 Å². The number of hydrogen-bond acceptors (Lipinski definition) is 2. The van der Waals surface area contributed by atoms with Gasteiger partial charge in [0.25, 0.3) is 0 Å². The Morgan fingerprint density at radius 1 is 1.36 bits per heavy atom. The van der Waals surface area contributed by atoms with Crippen molar-refractivity contribution in [1.82, 2.24) is 10.6 Å². The van der Waals surface area contributed by atoms with Crippen molar-refractivity contribution in [2.75, 3.05) is 13.1 Å². The largest absolute Gasteiger partial charge is 0.412 e. The van der Waals surface area contributed by atoms with E-state index in [0.717, 1.165) is 0 Å². The molecule has 0 saturated carbocycles. The Bertz CT molecular complexity index is 168. The molecule has 0 aromatic heterocycles. The maximum absolute atomic E-state index is 11.9. The molecule has 2 N–H and O–H groups in total. The van der Waals surface area contributed by atoms with Crippen LogP contribution in [0.2, 0.25) is 0 Å². The van der Waals surface area contributed by atoms with Crippen molar-refractivity contribution >= 4 is 5.91 Å². The van der Waals surface area contributed by atoms with Crippen molar-refractivity contribution in [3.8, 4) is 0 Å². The van der Waals surface area contributed by atoms with Crippen LogP contribution in [0.5, 0.6) is 0 Å². The Hall–Kier alpha value is -0.780. The lowest BCUT2D eigenvalue weighted by Gasteiger charge is -2.24. The van der Waals surface area contributed by atoms with Crippen molar-refractivity contribution in [3.05, 3.63) is 0 Å². The van der Waals surface area contributed by atoms with E-state index in [1.807, 2.05) is 0 Å². The Labute approximate surface area is 61.0 Å². The van der Waals surface area contributed by atoms with E-state index in [9.17, 15) is 18.0 Å². The highest BCUT2D eigenvalue weighted by Crippen LogP contribution is 2.20. The van der Waals surface area contributed by atoms with Gasteiger partial charge in [-0.05, 0) is 0 Å². The molecule has 1 aliphatic rings. The number of rotatable bonds is 0. The number of hydrogen-bond donors (Lipinski definition) is 2.